The van der Waals surface area contributed by atoms with E-state index in [-0.39, 0.29) is 23.4 Å². The molecule has 1 heterocycles. The molecule has 1 N–H and O–H groups in total. The van der Waals surface area contributed by atoms with E-state index in [1.54, 1.807) is 12.1 Å². The van der Waals surface area contributed by atoms with Gasteiger partial charge >= 0.3 is 0 Å². The van der Waals surface area contributed by atoms with Crippen molar-refractivity contribution in [2.75, 3.05) is 6.54 Å². The van der Waals surface area contributed by atoms with Crippen molar-refractivity contribution in [1.29, 1.82) is 5.26 Å². The third-order valence-corrected chi connectivity index (χ3v) is 6.02. The van der Waals surface area contributed by atoms with Crippen LogP contribution in [0.2, 0.25) is 0 Å². The molecule has 0 saturated carbocycles. The average molecular weight is 346 g/mol. The van der Waals surface area contributed by atoms with Crippen LogP contribution in [0.1, 0.15) is 23.6 Å². The maximum absolute atomic E-state index is 13.1. The van der Waals surface area contributed by atoms with E-state index in [0.29, 0.717) is 5.56 Å². The Kier molecular flexibility index (Phi) is 4.37. The Labute approximate surface area is 139 Å². The van der Waals surface area contributed by atoms with Gasteiger partial charge in [0.1, 0.15) is 11.9 Å². The van der Waals surface area contributed by atoms with Crippen molar-refractivity contribution in [3.63, 3.8) is 0 Å². The molecular formula is C17H15FN2O3S. The van der Waals surface area contributed by atoms with E-state index in [1.807, 2.05) is 6.07 Å². The molecule has 0 amide bonds. The molecule has 2 atom stereocenters. The summed E-state index contributed by atoms with van der Waals surface area (Å²) < 4.78 is 40.3. The quantitative estimate of drug-likeness (QED) is 0.924. The monoisotopic (exact) mass is 346 g/mol. The second-order valence-electron chi connectivity index (χ2n) is 5.64. The molecule has 1 aliphatic rings. The van der Waals surface area contributed by atoms with Crippen LogP contribution < -0.4 is 0 Å². The number of nitriles is 1. The molecule has 124 valence electrons. The highest BCUT2D eigenvalue weighted by Crippen LogP contribution is 2.37. The Morgan fingerprint density at radius 3 is 2.50 bits per heavy atom. The fraction of sp³-hybridized carbons (Fsp3) is 0.235. The summed E-state index contributed by atoms with van der Waals surface area (Å²) in [4.78, 5) is -0.0892. The highest BCUT2D eigenvalue weighted by Gasteiger charge is 2.41. The van der Waals surface area contributed by atoms with E-state index in [0.717, 1.165) is 0 Å². The molecule has 2 aromatic carbocycles. The molecule has 2 aromatic rings. The highest BCUT2D eigenvalue weighted by molar-refractivity contribution is 7.89. The molecule has 1 fully saturated rings. The number of nitrogens with zero attached hydrogens (tertiary/aromatic N) is 2. The molecule has 0 aliphatic carbocycles. The first kappa shape index (κ1) is 16.6. The molecule has 0 aromatic heterocycles. The van der Waals surface area contributed by atoms with Crippen molar-refractivity contribution >= 4 is 10.0 Å². The largest absolute Gasteiger partial charge is 0.392 e. The maximum atomic E-state index is 13.1. The molecule has 24 heavy (non-hydrogen) atoms. The summed E-state index contributed by atoms with van der Waals surface area (Å²) in [7, 11) is -3.96. The molecular weight excluding hydrogens is 331 g/mol. The highest BCUT2D eigenvalue weighted by atomic mass is 32.2. The Hall–Kier alpha value is -2.27. The average Bonchev–Trinajstić information content (AvgIpc) is 2.98. The van der Waals surface area contributed by atoms with Crippen LogP contribution in [0.15, 0.2) is 53.4 Å². The van der Waals surface area contributed by atoms with Crippen molar-refractivity contribution in [1.82, 2.24) is 4.31 Å². The summed E-state index contributed by atoms with van der Waals surface area (Å²) in [5, 5.41) is 19.1. The standard InChI is InChI=1S/C17H15FN2O3S/c18-14-7-5-12(6-8-14)16-9-15(21)11-20(16)24(22,23)17-4-2-1-3-13(17)10-19/h1-8,15-16,21H,9,11H2. The molecule has 1 aliphatic heterocycles. The summed E-state index contributed by atoms with van der Waals surface area (Å²) in [6.07, 6.45) is -0.594. The molecule has 2 unspecified atom stereocenters. The van der Waals surface area contributed by atoms with Gasteiger partial charge in [-0.1, -0.05) is 24.3 Å². The molecule has 3 rings (SSSR count). The number of halogens is 1. The molecule has 0 bridgehead atoms. The Balaban J connectivity index is 2.05. The Morgan fingerprint density at radius 2 is 1.83 bits per heavy atom. The van der Waals surface area contributed by atoms with Crippen LogP contribution in [0.5, 0.6) is 0 Å². The zero-order chi connectivity index (χ0) is 17.3. The first-order valence-corrected chi connectivity index (χ1v) is 8.82. The number of aliphatic hydroxyl groups excluding tert-OH is 1. The third kappa shape index (κ3) is 2.91. The van der Waals surface area contributed by atoms with Gasteiger partial charge in [0.25, 0.3) is 0 Å². The van der Waals surface area contributed by atoms with Crippen molar-refractivity contribution < 1.29 is 17.9 Å². The van der Waals surface area contributed by atoms with Crippen LogP contribution in [0.25, 0.3) is 0 Å². The fourth-order valence-electron chi connectivity index (χ4n) is 2.95. The number of benzene rings is 2. The first-order valence-electron chi connectivity index (χ1n) is 7.38. The van der Waals surface area contributed by atoms with Crippen LogP contribution in [0, 0.1) is 17.1 Å². The number of β-amino-alcohol motifs (C(OH)–C–C–N with tert-alkyl or cyclic N) is 1. The summed E-state index contributed by atoms with van der Waals surface area (Å²) in [5.74, 6) is -0.415. The zero-order valence-electron chi connectivity index (χ0n) is 12.6. The Bertz CT molecular complexity index is 891. The van der Waals surface area contributed by atoms with E-state index in [4.69, 9.17) is 5.26 Å². The third-order valence-electron chi connectivity index (χ3n) is 4.08. The second kappa shape index (κ2) is 6.32. The van der Waals surface area contributed by atoms with Gasteiger partial charge in [0.2, 0.25) is 10.0 Å². The van der Waals surface area contributed by atoms with Crippen LogP contribution in [0.4, 0.5) is 4.39 Å². The van der Waals surface area contributed by atoms with E-state index in [2.05, 4.69) is 0 Å². The molecule has 1 saturated heterocycles. The van der Waals surface area contributed by atoms with Gasteiger partial charge in [-0.3, -0.25) is 0 Å². The first-order chi connectivity index (χ1) is 11.4. The summed E-state index contributed by atoms with van der Waals surface area (Å²) in [6, 6.07) is 12.8. The molecule has 0 spiro atoms. The van der Waals surface area contributed by atoms with Gasteiger partial charge in [0, 0.05) is 6.54 Å². The lowest BCUT2D eigenvalue weighted by atomic mass is 10.0. The van der Waals surface area contributed by atoms with Crippen molar-refractivity contribution in [2.24, 2.45) is 0 Å². The normalized spacial score (nSPS) is 21.5. The van der Waals surface area contributed by atoms with Gasteiger partial charge in [-0.2, -0.15) is 9.57 Å². The van der Waals surface area contributed by atoms with Crippen LogP contribution in [0.3, 0.4) is 0 Å². The number of hydrogen-bond donors (Lipinski definition) is 1. The summed E-state index contributed by atoms with van der Waals surface area (Å²) >= 11 is 0. The maximum Gasteiger partial charge on any atom is 0.245 e. The number of rotatable bonds is 3. The second-order valence-corrected chi connectivity index (χ2v) is 7.50. The number of sulfonamides is 1. The van der Waals surface area contributed by atoms with Crippen LogP contribution >= 0.6 is 0 Å². The van der Waals surface area contributed by atoms with E-state index >= 15 is 0 Å². The zero-order valence-corrected chi connectivity index (χ0v) is 13.4. The molecule has 5 nitrogen and oxygen atoms in total. The lowest BCUT2D eigenvalue weighted by molar-refractivity contribution is 0.188. The van der Waals surface area contributed by atoms with Gasteiger partial charge in [-0.05, 0) is 36.2 Å². The smallest absolute Gasteiger partial charge is 0.245 e. The minimum Gasteiger partial charge on any atom is -0.392 e. The van der Waals surface area contributed by atoms with E-state index < -0.39 is 28.0 Å². The van der Waals surface area contributed by atoms with E-state index in [9.17, 15) is 17.9 Å². The number of hydrogen-bond acceptors (Lipinski definition) is 4. The molecule has 7 heteroatoms. The lowest BCUT2D eigenvalue weighted by Crippen LogP contribution is -2.32. The van der Waals surface area contributed by atoms with Crippen LogP contribution in [-0.2, 0) is 10.0 Å². The van der Waals surface area contributed by atoms with Gasteiger partial charge in [-0.25, -0.2) is 12.8 Å². The van der Waals surface area contributed by atoms with Gasteiger partial charge in [0.15, 0.2) is 0 Å². The fourth-order valence-corrected chi connectivity index (χ4v) is 4.75. The topological polar surface area (TPSA) is 81.4 Å². The number of aliphatic hydroxyl groups is 1. The van der Waals surface area contributed by atoms with Crippen LogP contribution in [-0.4, -0.2) is 30.5 Å². The molecule has 0 radical (unpaired) electrons. The Morgan fingerprint density at radius 1 is 1.17 bits per heavy atom. The summed E-state index contributed by atoms with van der Waals surface area (Å²) in [6.45, 7) is -0.0653. The minimum atomic E-state index is -3.96. The van der Waals surface area contributed by atoms with Crippen molar-refractivity contribution in [3.05, 3.63) is 65.5 Å². The van der Waals surface area contributed by atoms with Crippen molar-refractivity contribution in [3.8, 4) is 6.07 Å². The SMILES string of the molecule is N#Cc1ccccc1S(=O)(=O)N1CC(O)CC1c1ccc(F)cc1. The predicted molar refractivity (Wildman–Crippen MR) is 84.8 cm³/mol. The van der Waals surface area contributed by atoms with Gasteiger partial charge < -0.3 is 5.11 Å². The van der Waals surface area contributed by atoms with Crippen molar-refractivity contribution in [2.45, 2.75) is 23.5 Å². The summed E-state index contributed by atoms with van der Waals surface area (Å²) in [5.41, 5.74) is 0.655. The minimum absolute atomic E-state index is 0.0525. The predicted octanol–water partition coefficient (Wildman–Crippen LogP) is 2.19. The van der Waals surface area contributed by atoms with Gasteiger partial charge in [0.05, 0.1) is 22.6 Å². The van der Waals surface area contributed by atoms with Gasteiger partial charge in [-0.15, -0.1) is 0 Å². The lowest BCUT2D eigenvalue weighted by Gasteiger charge is -2.24. The van der Waals surface area contributed by atoms with E-state index in [1.165, 1.54) is 40.7 Å².